The molecule has 144 valence electrons. The van der Waals surface area contributed by atoms with Crippen LogP contribution in [0.1, 0.15) is 11.1 Å². The first-order valence-electron chi connectivity index (χ1n) is 8.29. The minimum Gasteiger partial charge on any atom is -0.480 e. The number of carboxylic acid groups (broad SMARTS) is 1. The standard InChI is InChI=1S/C19H22N2O5S/c1-14-8-10-16(11-9-14)27(25,26)21(2)13-18(22)20-17(19(23)24)12-15-6-4-3-5-7-15/h3-11,17H,12-13H2,1-2H3,(H,20,22)(H,23,24)/t17-/m0/s1. The van der Waals surface area contributed by atoms with Gasteiger partial charge in [-0.2, -0.15) is 4.31 Å². The van der Waals surface area contributed by atoms with Gasteiger partial charge in [0.1, 0.15) is 6.04 Å². The fraction of sp³-hybridized carbons (Fsp3) is 0.263. The van der Waals surface area contributed by atoms with E-state index in [9.17, 15) is 23.1 Å². The summed E-state index contributed by atoms with van der Waals surface area (Å²) in [5, 5.41) is 11.7. The van der Waals surface area contributed by atoms with Crippen molar-refractivity contribution in [2.24, 2.45) is 0 Å². The first-order chi connectivity index (χ1) is 12.7. The Morgan fingerprint density at radius 3 is 2.22 bits per heavy atom. The summed E-state index contributed by atoms with van der Waals surface area (Å²) in [6, 6.07) is 14.0. The minimum atomic E-state index is -3.84. The van der Waals surface area contributed by atoms with Crippen LogP contribution in [0.5, 0.6) is 0 Å². The van der Waals surface area contributed by atoms with E-state index >= 15 is 0 Å². The molecule has 1 atom stereocenters. The molecule has 8 heteroatoms. The minimum absolute atomic E-state index is 0.0717. The molecule has 0 saturated heterocycles. The van der Waals surface area contributed by atoms with E-state index in [-0.39, 0.29) is 11.3 Å². The Balaban J connectivity index is 2.03. The third-order valence-electron chi connectivity index (χ3n) is 4.01. The molecule has 0 fully saturated rings. The summed E-state index contributed by atoms with van der Waals surface area (Å²) in [6.45, 7) is 1.36. The summed E-state index contributed by atoms with van der Waals surface area (Å²) in [5.41, 5.74) is 1.67. The highest BCUT2D eigenvalue weighted by atomic mass is 32.2. The number of sulfonamides is 1. The Bertz CT molecular complexity index is 895. The monoisotopic (exact) mass is 390 g/mol. The van der Waals surface area contributed by atoms with E-state index in [0.717, 1.165) is 15.4 Å². The molecule has 0 aliphatic heterocycles. The number of carbonyl (C=O) groups is 2. The molecule has 2 aromatic rings. The highest BCUT2D eigenvalue weighted by molar-refractivity contribution is 7.89. The second-order valence-electron chi connectivity index (χ2n) is 6.22. The van der Waals surface area contributed by atoms with E-state index < -0.39 is 34.5 Å². The highest BCUT2D eigenvalue weighted by Gasteiger charge is 2.26. The predicted octanol–water partition coefficient (Wildman–Crippen LogP) is 1.43. The Morgan fingerprint density at radius 2 is 1.67 bits per heavy atom. The Morgan fingerprint density at radius 1 is 1.07 bits per heavy atom. The highest BCUT2D eigenvalue weighted by Crippen LogP contribution is 2.14. The van der Waals surface area contributed by atoms with Crippen LogP contribution in [0.25, 0.3) is 0 Å². The quantitative estimate of drug-likeness (QED) is 0.710. The number of hydrogen-bond acceptors (Lipinski definition) is 4. The normalized spacial score (nSPS) is 12.6. The van der Waals surface area contributed by atoms with Gasteiger partial charge in [0.15, 0.2) is 0 Å². The number of aliphatic carboxylic acids is 1. The maximum Gasteiger partial charge on any atom is 0.326 e. The van der Waals surface area contributed by atoms with Gasteiger partial charge < -0.3 is 10.4 Å². The van der Waals surface area contributed by atoms with Gasteiger partial charge in [0, 0.05) is 13.5 Å². The summed E-state index contributed by atoms with van der Waals surface area (Å²) in [7, 11) is -2.56. The summed E-state index contributed by atoms with van der Waals surface area (Å²) >= 11 is 0. The van der Waals surface area contributed by atoms with E-state index in [2.05, 4.69) is 5.32 Å². The lowest BCUT2D eigenvalue weighted by Crippen LogP contribution is -2.46. The lowest BCUT2D eigenvalue weighted by atomic mass is 10.1. The molecule has 1 amide bonds. The molecule has 0 aromatic heterocycles. The van der Waals surface area contributed by atoms with E-state index in [1.807, 2.05) is 13.0 Å². The van der Waals surface area contributed by atoms with Crippen LogP contribution in [0.2, 0.25) is 0 Å². The first kappa shape index (κ1) is 20.6. The van der Waals surface area contributed by atoms with E-state index in [4.69, 9.17) is 0 Å². The molecule has 27 heavy (non-hydrogen) atoms. The molecule has 2 rings (SSSR count). The van der Waals surface area contributed by atoms with Gasteiger partial charge in [0.25, 0.3) is 0 Å². The topological polar surface area (TPSA) is 104 Å². The van der Waals surface area contributed by atoms with Crippen LogP contribution in [0.3, 0.4) is 0 Å². The Kier molecular flexibility index (Phi) is 6.70. The van der Waals surface area contributed by atoms with E-state index in [0.29, 0.717) is 0 Å². The van der Waals surface area contributed by atoms with Gasteiger partial charge in [0.2, 0.25) is 15.9 Å². The van der Waals surface area contributed by atoms with Crippen molar-refractivity contribution >= 4 is 21.9 Å². The molecule has 0 aliphatic rings. The van der Waals surface area contributed by atoms with Crippen molar-refractivity contribution in [2.75, 3.05) is 13.6 Å². The molecular formula is C19H22N2O5S. The lowest BCUT2D eigenvalue weighted by Gasteiger charge is -2.19. The maximum atomic E-state index is 12.5. The number of carbonyl (C=O) groups excluding carboxylic acids is 1. The number of rotatable bonds is 8. The van der Waals surface area contributed by atoms with Crippen molar-refractivity contribution in [1.29, 1.82) is 0 Å². The number of carboxylic acids is 1. The third-order valence-corrected chi connectivity index (χ3v) is 5.83. The van der Waals surface area contributed by atoms with Crippen molar-refractivity contribution < 1.29 is 23.1 Å². The summed E-state index contributed by atoms with van der Waals surface area (Å²) < 4.78 is 25.9. The second-order valence-corrected chi connectivity index (χ2v) is 8.27. The van der Waals surface area contributed by atoms with E-state index in [1.165, 1.54) is 19.2 Å². The molecule has 2 N–H and O–H groups in total. The third kappa shape index (κ3) is 5.63. The smallest absolute Gasteiger partial charge is 0.326 e. The molecule has 0 unspecified atom stereocenters. The summed E-state index contributed by atoms with van der Waals surface area (Å²) in [4.78, 5) is 23.7. The molecule has 0 radical (unpaired) electrons. The summed E-state index contributed by atoms with van der Waals surface area (Å²) in [5.74, 6) is -1.87. The molecule has 0 heterocycles. The molecule has 0 aliphatic carbocycles. The van der Waals surface area contributed by atoms with Crippen molar-refractivity contribution in [3.05, 3.63) is 65.7 Å². The van der Waals surface area contributed by atoms with Crippen LogP contribution in [0.15, 0.2) is 59.5 Å². The average molecular weight is 390 g/mol. The fourth-order valence-electron chi connectivity index (χ4n) is 2.47. The first-order valence-corrected chi connectivity index (χ1v) is 9.73. The zero-order chi connectivity index (χ0) is 20.0. The maximum absolute atomic E-state index is 12.5. The van der Waals surface area contributed by atoms with Gasteiger partial charge in [-0.05, 0) is 24.6 Å². The molecular weight excluding hydrogens is 368 g/mol. The molecule has 0 bridgehead atoms. The van der Waals surface area contributed by atoms with Crippen molar-refractivity contribution in [1.82, 2.24) is 9.62 Å². The number of benzene rings is 2. The van der Waals surface area contributed by atoms with Gasteiger partial charge >= 0.3 is 5.97 Å². The average Bonchev–Trinajstić information content (AvgIpc) is 2.62. The largest absolute Gasteiger partial charge is 0.480 e. The molecule has 0 saturated carbocycles. The van der Waals surface area contributed by atoms with Gasteiger partial charge in [0.05, 0.1) is 11.4 Å². The number of aryl methyl sites for hydroxylation is 1. The summed E-state index contributed by atoms with van der Waals surface area (Å²) in [6.07, 6.45) is 0.107. The Labute approximate surface area is 158 Å². The van der Waals surface area contributed by atoms with Gasteiger partial charge in [-0.3, -0.25) is 4.79 Å². The van der Waals surface area contributed by atoms with Crippen molar-refractivity contribution in [2.45, 2.75) is 24.3 Å². The predicted molar refractivity (Wildman–Crippen MR) is 101 cm³/mol. The zero-order valence-electron chi connectivity index (χ0n) is 15.1. The second kappa shape index (κ2) is 8.79. The number of nitrogens with zero attached hydrogens (tertiary/aromatic N) is 1. The number of amides is 1. The van der Waals surface area contributed by atoms with Crippen molar-refractivity contribution in [3.63, 3.8) is 0 Å². The Hall–Kier alpha value is -2.71. The molecule has 2 aromatic carbocycles. The number of nitrogens with one attached hydrogen (secondary N) is 1. The van der Waals surface area contributed by atoms with Crippen LogP contribution in [0, 0.1) is 6.92 Å². The molecule has 0 spiro atoms. The van der Waals surface area contributed by atoms with Gasteiger partial charge in [-0.25, -0.2) is 13.2 Å². The van der Waals surface area contributed by atoms with Gasteiger partial charge in [-0.1, -0.05) is 48.0 Å². The van der Waals surface area contributed by atoms with Crippen molar-refractivity contribution in [3.8, 4) is 0 Å². The van der Waals surface area contributed by atoms with Crippen LogP contribution in [-0.4, -0.2) is 49.3 Å². The zero-order valence-corrected chi connectivity index (χ0v) is 15.9. The number of likely N-dealkylation sites (N-methyl/N-ethyl adjacent to an activating group) is 1. The fourth-order valence-corrected chi connectivity index (χ4v) is 3.59. The van der Waals surface area contributed by atoms with Crippen LogP contribution in [0.4, 0.5) is 0 Å². The number of hydrogen-bond donors (Lipinski definition) is 2. The van der Waals surface area contributed by atoms with Crippen LogP contribution in [-0.2, 0) is 26.0 Å². The van der Waals surface area contributed by atoms with Gasteiger partial charge in [-0.15, -0.1) is 0 Å². The van der Waals surface area contributed by atoms with E-state index in [1.54, 1.807) is 36.4 Å². The SMILES string of the molecule is Cc1ccc(S(=O)(=O)N(C)CC(=O)N[C@@H](Cc2ccccc2)C(=O)O)cc1. The molecule has 7 nitrogen and oxygen atoms in total. The van der Waals surface area contributed by atoms with Crippen LogP contribution >= 0.6 is 0 Å². The lowest BCUT2D eigenvalue weighted by molar-refractivity contribution is -0.141. The van der Waals surface area contributed by atoms with Crippen LogP contribution < -0.4 is 5.32 Å².